The highest BCUT2D eigenvalue weighted by molar-refractivity contribution is 5.75. The smallest absolute Gasteiger partial charge is 0.317 e. The number of amides is 2. The Morgan fingerprint density at radius 1 is 1.33 bits per heavy atom. The first-order chi connectivity index (χ1) is 10.0. The normalized spacial score (nSPS) is 25.4. The van der Waals surface area contributed by atoms with Crippen LogP contribution < -0.4 is 5.32 Å². The zero-order chi connectivity index (χ0) is 15.4. The Morgan fingerprint density at radius 2 is 2.00 bits per heavy atom. The quantitative estimate of drug-likeness (QED) is 0.709. The summed E-state index contributed by atoms with van der Waals surface area (Å²) in [5.41, 5.74) is 0. The van der Waals surface area contributed by atoms with E-state index in [1.807, 2.05) is 18.7 Å². The van der Waals surface area contributed by atoms with Crippen LogP contribution in [0.2, 0.25) is 0 Å². The molecule has 1 aliphatic carbocycles. The van der Waals surface area contributed by atoms with Crippen LogP contribution in [-0.4, -0.2) is 77.9 Å². The van der Waals surface area contributed by atoms with Crippen LogP contribution in [0.25, 0.3) is 0 Å². The van der Waals surface area contributed by atoms with Crippen LogP contribution in [0.3, 0.4) is 0 Å². The second-order valence-corrected chi connectivity index (χ2v) is 5.71. The van der Waals surface area contributed by atoms with Gasteiger partial charge >= 0.3 is 12.0 Å². The zero-order valence-corrected chi connectivity index (χ0v) is 12.7. The number of hydrogen-bond donors (Lipinski definition) is 2. The van der Waals surface area contributed by atoms with Crippen LogP contribution in [-0.2, 0) is 9.53 Å². The summed E-state index contributed by atoms with van der Waals surface area (Å²) in [4.78, 5) is 26.4. The average Bonchev–Trinajstić information content (AvgIpc) is 2.34. The molecule has 1 saturated carbocycles. The van der Waals surface area contributed by atoms with E-state index in [1.165, 1.54) is 0 Å². The van der Waals surface area contributed by atoms with Crippen LogP contribution in [0.5, 0.6) is 0 Å². The number of nitrogens with one attached hydrogen (secondary N) is 1. The molecule has 1 saturated heterocycles. The van der Waals surface area contributed by atoms with Crippen molar-refractivity contribution in [2.45, 2.75) is 44.9 Å². The highest BCUT2D eigenvalue weighted by Gasteiger charge is 2.37. The average molecular weight is 299 g/mol. The Balaban J connectivity index is 1.64. The van der Waals surface area contributed by atoms with E-state index in [0.29, 0.717) is 19.7 Å². The van der Waals surface area contributed by atoms with Gasteiger partial charge in [0.25, 0.3) is 0 Å². The molecule has 21 heavy (non-hydrogen) atoms. The zero-order valence-electron chi connectivity index (χ0n) is 12.7. The first-order valence-electron chi connectivity index (χ1n) is 7.66. The van der Waals surface area contributed by atoms with Gasteiger partial charge in [-0.3, -0.25) is 9.69 Å². The van der Waals surface area contributed by atoms with Gasteiger partial charge in [0.1, 0.15) is 0 Å². The first kappa shape index (κ1) is 16.0. The maximum absolute atomic E-state index is 12.0. The molecule has 0 spiro atoms. The van der Waals surface area contributed by atoms with Gasteiger partial charge in [0.05, 0.1) is 25.7 Å². The summed E-state index contributed by atoms with van der Waals surface area (Å²) < 4.78 is 5.42. The topological polar surface area (TPSA) is 82.1 Å². The molecule has 0 bridgehead atoms. The summed E-state index contributed by atoms with van der Waals surface area (Å²) in [6.07, 6.45) is 1.84. The third-order valence-electron chi connectivity index (χ3n) is 4.24. The maximum Gasteiger partial charge on any atom is 0.317 e. The van der Waals surface area contributed by atoms with Gasteiger partial charge in [-0.1, -0.05) is 6.92 Å². The van der Waals surface area contributed by atoms with E-state index in [-0.39, 0.29) is 30.8 Å². The summed E-state index contributed by atoms with van der Waals surface area (Å²) >= 11 is 0. The minimum atomic E-state index is -0.799. The van der Waals surface area contributed by atoms with Gasteiger partial charge in [-0.25, -0.2) is 4.79 Å². The first-order valence-corrected chi connectivity index (χ1v) is 7.66. The van der Waals surface area contributed by atoms with E-state index in [2.05, 4.69) is 5.32 Å². The van der Waals surface area contributed by atoms with Crippen molar-refractivity contribution in [3.63, 3.8) is 0 Å². The molecule has 0 radical (unpaired) electrons. The van der Waals surface area contributed by atoms with Crippen LogP contribution in [0.4, 0.5) is 4.79 Å². The molecule has 120 valence electrons. The SMILES string of the molecule is CCOC1CN(C(=O)NC2CC(N(CC)CC(=O)O)C2)C1. The fourth-order valence-electron chi connectivity index (χ4n) is 2.89. The summed E-state index contributed by atoms with van der Waals surface area (Å²) in [5, 5.41) is 11.8. The lowest BCUT2D eigenvalue weighted by Crippen LogP contribution is -2.62. The number of carboxylic acids is 1. The highest BCUT2D eigenvalue weighted by Crippen LogP contribution is 2.26. The molecule has 1 heterocycles. The summed E-state index contributed by atoms with van der Waals surface area (Å²) in [6, 6.07) is 0.399. The third kappa shape index (κ3) is 4.07. The molecule has 7 heteroatoms. The van der Waals surface area contributed by atoms with Crippen molar-refractivity contribution in [3.8, 4) is 0 Å². The van der Waals surface area contributed by atoms with Crippen LogP contribution in [0.15, 0.2) is 0 Å². The number of likely N-dealkylation sites (N-methyl/N-ethyl adjacent to an activating group) is 1. The molecule has 7 nitrogen and oxygen atoms in total. The molecule has 2 N–H and O–H groups in total. The van der Waals surface area contributed by atoms with E-state index < -0.39 is 5.97 Å². The molecule has 0 aromatic carbocycles. The summed E-state index contributed by atoms with van der Waals surface area (Å²) in [6.45, 7) is 6.72. The van der Waals surface area contributed by atoms with Gasteiger partial charge in [-0.05, 0) is 26.3 Å². The van der Waals surface area contributed by atoms with Crippen molar-refractivity contribution in [3.05, 3.63) is 0 Å². The third-order valence-corrected chi connectivity index (χ3v) is 4.24. The fourth-order valence-corrected chi connectivity index (χ4v) is 2.89. The van der Waals surface area contributed by atoms with Gasteiger partial charge in [-0.2, -0.15) is 0 Å². The number of carbonyl (C=O) groups excluding carboxylic acids is 1. The molecule has 2 fully saturated rings. The van der Waals surface area contributed by atoms with E-state index in [4.69, 9.17) is 9.84 Å². The monoisotopic (exact) mass is 299 g/mol. The minimum absolute atomic E-state index is 0.0318. The molecule has 2 amide bonds. The van der Waals surface area contributed by atoms with Crippen molar-refractivity contribution < 1.29 is 19.4 Å². The van der Waals surface area contributed by atoms with Crippen molar-refractivity contribution in [2.75, 3.05) is 32.8 Å². The Hall–Kier alpha value is -1.34. The molecular formula is C14H25N3O4. The van der Waals surface area contributed by atoms with Gasteiger partial charge in [-0.15, -0.1) is 0 Å². The minimum Gasteiger partial charge on any atom is -0.480 e. The second-order valence-electron chi connectivity index (χ2n) is 5.71. The van der Waals surface area contributed by atoms with Crippen molar-refractivity contribution in [2.24, 2.45) is 0 Å². The molecular weight excluding hydrogens is 274 g/mol. The predicted octanol–water partition coefficient (Wildman–Crippen LogP) is 0.354. The van der Waals surface area contributed by atoms with Crippen LogP contribution >= 0.6 is 0 Å². The fraction of sp³-hybridized carbons (Fsp3) is 0.857. The number of ether oxygens (including phenoxy) is 1. The highest BCUT2D eigenvalue weighted by atomic mass is 16.5. The molecule has 0 atom stereocenters. The standard InChI is InChI=1S/C14H25N3O4/c1-3-16(9-13(18)19)11-5-10(6-11)15-14(20)17-7-12(8-17)21-4-2/h10-12H,3-9H2,1-2H3,(H,15,20)(H,18,19). The molecule has 2 aliphatic rings. The van der Waals surface area contributed by atoms with Gasteiger partial charge < -0.3 is 20.1 Å². The van der Waals surface area contributed by atoms with E-state index in [9.17, 15) is 9.59 Å². The van der Waals surface area contributed by atoms with Gasteiger partial charge in [0.2, 0.25) is 0 Å². The van der Waals surface area contributed by atoms with E-state index >= 15 is 0 Å². The number of aliphatic carboxylic acids is 1. The number of hydrogen-bond acceptors (Lipinski definition) is 4. The largest absolute Gasteiger partial charge is 0.480 e. The molecule has 1 aliphatic heterocycles. The van der Waals surface area contributed by atoms with E-state index in [1.54, 1.807) is 4.90 Å². The predicted molar refractivity (Wildman–Crippen MR) is 77.2 cm³/mol. The Labute approximate surface area is 125 Å². The second kappa shape index (κ2) is 7.09. The van der Waals surface area contributed by atoms with Crippen molar-refractivity contribution in [1.82, 2.24) is 15.1 Å². The lowest BCUT2D eigenvalue weighted by atomic mass is 9.85. The number of likely N-dealkylation sites (tertiary alicyclic amines) is 1. The number of carboxylic acid groups (broad SMARTS) is 1. The molecule has 0 unspecified atom stereocenters. The number of rotatable bonds is 7. The molecule has 0 aromatic rings. The van der Waals surface area contributed by atoms with Crippen LogP contribution in [0.1, 0.15) is 26.7 Å². The summed E-state index contributed by atoms with van der Waals surface area (Å²) in [7, 11) is 0. The van der Waals surface area contributed by atoms with E-state index in [0.717, 1.165) is 19.4 Å². The molecule has 0 aromatic heterocycles. The van der Waals surface area contributed by atoms with Gasteiger partial charge in [0.15, 0.2) is 0 Å². The Kier molecular flexibility index (Phi) is 5.41. The number of nitrogens with zero attached hydrogens (tertiary/aromatic N) is 2. The Bertz CT molecular complexity index is 378. The Morgan fingerprint density at radius 3 is 2.52 bits per heavy atom. The van der Waals surface area contributed by atoms with Crippen LogP contribution in [0, 0.1) is 0 Å². The maximum atomic E-state index is 12.0. The summed E-state index contributed by atoms with van der Waals surface area (Å²) in [5.74, 6) is -0.799. The number of urea groups is 1. The lowest BCUT2D eigenvalue weighted by Gasteiger charge is -2.44. The van der Waals surface area contributed by atoms with Gasteiger partial charge in [0, 0.05) is 18.7 Å². The van der Waals surface area contributed by atoms with Crippen molar-refractivity contribution in [1.29, 1.82) is 0 Å². The number of carbonyl (C=O) groups is 2. The van der Waals surface area contributed by atoms with Crippen molar-refractivity contribution >= 4 is 12.0 Å². The molecule has 2 rings (SSSR count). The lowest BCUT2D eigenvalue weighted by molar-refractivity contribution is -0.139.